The number of carboxylic acid groups (broad SMARTS) is 2. The van der Waals surface area contributed by atoms with Crippen LogP contribution in [0.3, 0.4) is 0 Å². The summed E-state index contributed by atoms with van der Waals surface area (Å²) in [5.41, 5.74) is 3.47. The summed E-state index contributed by atoms with van der Waals surface area (Å²) >= 11 is 0. The Kier molecular flexibility index (Phi) is 7.39. The number of carbonyl (C=O) groups is 2. The van der Waals surface area contributed by atoms with Crippen LogP contribution in [0.15, 0.2) is 28.8 Å². The quantitative estimate of drug-likeness (QED) is 0.752. The van der Waals surface area contributed by atoms with E-state index >= 15 is 0 Å². The molecule has 0 amide bonds. The Morgan fingerprint density at radius 1 is 1.14 bits per heavy atom. The van der Waals surface area contributed by atoms with Gasteiger partial charge in [-0.05, 0) is 26.0 Å². The van der Waals surface area contributed by atoms with Crippen LogP contribution in [0.25, 0.3) is 0 Å². The van der Waals surface area contributed by atoms with Gasteiger partial charge in [0.2, 0.25) is 0 Å². The van der Waals surface area contributed by atoms with Gasteiger partial charge in [0, 0.05) is 50.0 Å². The van der Waals surface area contributed by atoms with E-state index in [9.17, 15) is 0 Å². The Morgan fingerprint density at radius 3 is 2.29 bits per heavy atom. The first-order chi connectivity index (χ1) is 13.3. The molecule has 0 atom stereocenters. The van der Waals surface area contributed by atoms with E-state index in [1.54, 1.807) is 7.11 Å². The van der Waals surface area contributed by atoms with Gasteiger partial charge in [-0.1, -0.05) is 11.2 Å². The number of aryl methyl sites for hydroxylation is 2. The zero-order valence-electron chi connectivity index (χ0n) is 16.2. The number of ether oxygens (including phenoxy) is 1. The van der Waals surface area contributed by atoms with Crippen LogP contribution in [0.2, 0.25) is 0 Å². The van der Waals surface area contributed by atoms with Crippen molar-refractivity contribution in [3.8, 4) is 5.75 Å². The molecular formula is C19H25N3O6. The Hall–Kier alpha value is -3.07. The van der Waals surface area contributed by atoms with Gasteiger partial charge in [-0.15, -0.1) is 0 Å². The molecule has 0 aliphatic carbocycles. The lowest BCUT2D eigenvalue weighted by molar-refractivity contribution is -0.159. The minimum absolute atomic E-state index is 0.913. The lowest BCUT2D eigenvalue weighted by Gasteiger charge is -2.36. The Morgan fingerprint density at radius 2 is 1.79 bits per heavy atom. The predicted octanol–water partition coefficient (Wildman–Crippen LogP) is 1.78. The topological polar surface area (TPSA) is 116 Å². The molecule has 0 saturated carbocycles. The van der Waals surface area contributed by atoms with Crippen LogP contribution >= 0.6 is 0 Å². The fourth-order valence-corrected chi connectivity index (χ4v) is 2.92. The number of carboxylic acids is 2. The molecule has 28 heavy (non-hydrogen) atoms. The number of methoxy groups -OCH3 is 1. The third-order valence-electron chi connectivity index (χ3n) is 4.54. The van der Waals surface area contributed by atoms with Crippen molar-refractivity contribution >= 4 is 17.6 Å². The minimum atomic E-state index is -1.82. The summed E-state index contributed by atoms with van der Waals surface area (Å²) in [5.74, 6) is -1.80. The van der Waals surface area contributed by atoms with Crippen molar-refractivity contribution in [3.05, 3.63) is 41.3 Å². The molecular weight excluding hydrogens is 366 g/mol. The van der Waals surface area contributed by atoms with Crippen LogP contribution < -0.4 is 9.64 Å². The second-order valence-corrected chi connectivity index (χ2v) is 6.38. The van der Waals surface area contributed by atoms with E-state index in [-0.39, 0.29) is 0 Å². The van der Waals surface area contributed by atoms with E-state index in [2.05, 4.69) is 27.1 Å². The highest BCUT2D eigenvalue weighted by Gasteiger charge is 2.20. The van der Waals surface area contributed by atoms with Crippen LogP contribution in [-0.4, -0.2) is 65.5 Å². The van der Waals surface area contributed by atoms with Gasteiger partial charge in [0.25, 0.3) is 0 Å². The maximum absolute atomic E-state index is 9.10. The highest BCUT2D eigenvalue weighted by atomic mass is 16.5. The first kappa shape index (κ1) is 21.2. The normalized spacial score (nSPS) is 14.2. The molecule has 1 aliphatic heterocycles. The van der Waals surface area contributed by atoms with Crippen LogP contribution in [0, 0.1) is 13.8 Å². The first-order valence-electron chi connectivity index (χ1n) is 8.81. The second-order valence-electron chi connectivity index (χ2n) is 6.38. The lowest BCUT2D eigenvalue weighted by atomic mass is 10.1. The van der Waals surface area contributed by atoms with E-state index in [1.165, 1.54) is 11.3 Å². The van der Waals surface area contributed by atoms with Crippen molar-refractivity contribution in [3.63, 3.8) is 0 Å². The van der Waals surface area contributed by atoms with Crippen molar-refractivity contribution in [2.45, 2.75) is 20.4 Å². The van der Waals surface area contributed by atoms with Crippen LogP contribution in [0.1, 0.15) is 17.0 Å². The van der Waals surface area contributed by atoms with Gasteiger partial charge in [-0.25, -0.2) is 9.59 Å². The number of piperazine rings is 1. The summed E-state index contributed by atoms with van der Waals surface area (Å²) in [6.45, 7) is 9.06. The number of nitrogens with zero attached hydrogens (tertiary/aromatic N) is 3. The van der Waals surface area contributed by atoms with E-state index in [0.29, 0.717) is 0 Å². The Bertz CT molecular complexity index is 780. The molecule has 2 heterocycles. The number of hydrogen-bond donors (Lipinski definition) is 2. The standard InChI is InChI=1S/C17H23N3O2.C2H2O4/c1-13-17(14(2)22-18-13)12-19-7-9-20(10-8-19)15-5-4-6-16(11-15)21-3;3-1(4)2(5)6/h4-6,11H,7-10,12H2,1-3H3;(H,3,4)(H,5,6). The van der Waals surface area contributed by atoms with Crippen molar-refractivity contribution < 1.29 is 29.1 Å². The van der Waals surface area contributed by atoms with Gasteiger partial charge < -0.3 is 24.4 Å². The molecule has 0 spiro atoms. The molecule has 1 aromatic carbocycles. The number of hydrogen-bond acceptors (Lipinski definition) is 7. The molecule has 3 rings (SSSR count). The summed E-state index contributed by atoms with van der Waals surface area (Å²) in [5, 5.41) is 18.8. The lowest BCUT2D eigenvalue weighted by Crippen LogP contribution is -2.46. The first-order valence-corrected chi connectivity index (χ1v) is 8.81. The van der Waals surface area contributed by atoms with Gasteiger partial charge in [0.05, 0.1) is 12.8 Å². The highest BCUT2D eigenvalue weighted by Crippen LogP contribution is 2.23. The zero-order valence-corrected chi connectivity index (χ0v) is 16.2. The molecule has 0 bridgehead atoms. The minimum Gasteiger partial charge on any atom is -0.497 e. The maximum Gasteiger partial charge on any atom is 0.414 e. The maximum atomic E-state index is 9.10. The second kappa shape index (κ2) is 9.75. The molecule has 9 heteroatoms. The van der Waals surface area contributed by atoms with Crippen LogP contribution in [0.4, 0.5) is 5.69 Å². The molecule has 1 aromatic heterocycles. The largest absolute Gasteiger partial charge is 0.497 e. The fraction of sp³-hybridized carbons (Fsp3) is 0.421. The van der Waals surface area contributed by atoms with E-state index in [1.807, 2.05) is 26.0 Å². The summed E-state index contributed by atoms with van der Waals surface area (Å²) in [6.07, 6.45) is 0. The molecule has 2 N–H and O–H groups in total. The molecule has 2 aromatic rings. The van der Waals surface area contributed by atoms with Gasteiger partial charge >= 0.3 is 11.9 Å². The van der Waals surface area contributed by atoms with Crippen molar-refractivity contribution in [2.24, 2.45) is 0 Å². The number of aliphatic carboxylic acids is 2. The summed E-state index contributed by atoms with van der Waals surface area (Å²) in [4.78, 5) is 23.1. The predicted molar refractivity (Wildman–Crippen MR) is 102 cm³/mol. The van der Waals surface area contributed by atoms with E-state index in [4.69, 9.17) is 29.1 Å². The molecule has 152 valence electrons. The number of benzene rings is 1. The van der Waals surface area contributed by atoms with Crippen molar-refractivity contribution in [1.29, 1.82) is 0 Å². The third-order valence-corrected chi connectivity index (χ3v) is 4.54. The van der Waals surface area contributed by atoms with Crippen LogP contribution in [0.5, 0.6) is 5.75 Å². The third kappa shape index (κ3) is 5.71. The summed E-state index contributed by atoms with van der Waals surface area (Å²) in [7, 11) is 1.71. The fourth-order valence-electron chi connectivity index (χ4n) is 2.92. The SMILES string of the molecule is COc1cccc(N2CCN(Cc3c(C)noc3C)CC2)c1.O=C(O)C(=O)O. The Balaban J connectivity index is 0.000000409. The molecule has 0 unspecified atom stereocenters. The molecule has 9 nitrogen and oxygen atoms in total. The van der Waals surface area contributed by atoms with Crippen LogP contribution in [-0.2, 0) is 16.1 Å². The number of rotatable bonds is 4. The number of anilines is 1. The zero-order chi connectivity index (χ0) is 20.7. The van der Waals surface area contributed by atoms with Gasteiger partial charge in [-0.3, -0.25) is 4.90 Å². The smallest absolute Gasteiger partial charge is 0.414 e. The summed E-state index contributed by atoms with van der Waals surface area (Å²) < 4.78 is 10.6. The number of aromatic nitrogens is 1. The van der Waals surface area contributed by atoms with E-state index < -0.39 is 11.9 Å². The monoisotopic (exact) mass is 391 g/mol. The van der Waals surface area contributed by atoms with E-state index in [0.717, 1.165) is 49.9 Å². The van der Waals surface area contributed by atoms with Gasteiger partial charge in [0.15, 0.2) is 0 Å². The van der Waals surface area contributed by atoms with Gasteiger partial charge in [-0.2, -0.15) is 0 Å². The highest BCUT2D eigenvalue weighted by molar-refractivity contribution is 6.27. The van der Waals surface area contributed by atoms with Gasteiger partial charge in [0.1, 0.15) is 11.5 Å². The average molecular weight is 391 g/mol. The van der Waals surface area contributed by atoms with Crippen molar-refractivity contribution in [1.82, 2.24) is 10.1 Å². The van der Waals surface area contributed by atoms with Crippen molar-refractivity contribution in [2.75, 3.05) is 38.2 Å². The average Bonchev–Trinajstić information content (AvgIpc) is 3.01. The molecule has 1 saturated heterocycles. The molecule has 1 aliphatic rings. The molecule has 1 fully saturated rings. The molecule has 0 radical (unpaired) electrons. The Labute approximate surface area is 163 Å². The summed E-state index contributed by atoms with van der Waals surface area (Å²) in [6, 6.07) is 8.28.